The van der Waals surface area contributed by atoms with Gasteiger partial charge in [0.1, 0.15) is 22.9 Å². The number of aromatic nitrogens is 4. The van der Waals surface area contributed by atoms with Crippen molar-refractivity contribution in [3.05, 3.63) is 59.6 Å². The Labute approximate surface area is 185 Å². The maximum Gasteiger partial charge on any atom is 0.145 e. The molecule has 7 heteroatoms. The number of hydrogen-bond acceptors (Lipinski definition) is 5. The molecule has 0 bridgehead atoms. The van der Waals surface area contributed by atoms with E-state index in [4.69, 9.17) is 17.3 Å². The topological polar surface area (TPSA) is 81.6 Å². The molecule has 0 radical (unpaired) electrons. The van der Waals surface area contributed by atoms with Crippen molar-refractivity contribution in [2.45, 2.75) is 38.3 Å². The molecular weight excluding hydrogens is 408 g/mol. The number of anilines is 1. The average molecular weight is 433 g/mol. The molecule has 1 aliphatic heterocycles. The molecule has 4 atom stereocenters. The molecule has 2 aliphatic rings. The second-order valence-electron chi connectivity index (χ2n) is 9.40. The Bertz CT molecular complexity index is 1300. The zero-order valence-corrected chi connectivity index (χ0v) is 18.2. The Kier molecular flexibility index (Phi) is 4.24. The van der Waals surface area contributed by atoms with Gasteiger partial charge < -0.3 is 15.6 Å². The van der Waals surface area contributed by atoms with Crippen molar-refractivity contribution in [3.63, 3.8) is 0 Å². The van der Waals surface area contributed by atoms with E-state index < -0.39 is 0 Å². The van der Waals surface area contributed by atoms with Crippen LogP contribution in [0.15, 0.2) is 48.9 Å². The number of halogens is 1. The molecular formula is C24H25ClN6. The summed E-state index contributed by atoms with van der Waals surface area (Å²) in [7, 11) is 0. The van der Waals surface area contributed by atoms with Crippen LogP contribution in [-0.4, -0.2) is 26.1 Å². The number of nitrogen functional groups attached to an aromatic ring is 1. The van der Waals surface area contributed by atoms with E-state index in [1.165, 1.54) is 12.0 Å². The van der Waals surface area contributed by atoms with Gasteiger partial charge in [-0.15, -0.1) is 0 Å². The van der Waals surface area contributed by atoms with Gasteiger partial charge in [0.2, 0.25) is 0 Å². The molecule has 1 saturated heterocycles. The molecule has 3 aromatic heterocycles. The first-order valence-electron chi connectivity index (χ1n) is 10.9. The molecule has 4 heterocycles. The molecule has 6 rings (SSSR count). The van der Waals surface area contributed by atoms with Crippen LogP contribution >= 0.6 is 11.6 Å². The van der Waals surface area contributed by atoms with Crippen LogP contribution in [0.5, 0.6) is 0 Å². The summed E-state index contributed by atoms with van der Waals surface area (Å²) < 4.78 is 2.32. The lowest BCUT2D eigenvalue weighted by Gasteiger charge is -2.23. The van der Waals surface area contributed by atoms with Gasteiger partial charge in [0.15, 0.2) is 0 Å². The summed E-state index contributed by atoms with van der Waals surface area (Å²) in [5.74, 6) is 1.14. The van der Waals surface area contributed by atoms with E-state index in [1.807, 2.05) is 18.2 Å². The SMILES string of the molecule is CC1CC2(CNC(c3ccc4ccc(N)nc4c3)C2)CC1n1ccc2c(Cl)ncnc21. The monoisotopic (exact) mass is 432 g/mol. The maximum atomic E-state index is 6.28. The molecule has 4 aromatic rings. The van der Waals surface area contributed by atoms with Crippen molar-refractivity contribution in [1.82, 2.24) is 24.8 Å². The largest absolute Gasteiger partial charge is 0.384 e. The Hall–Kier alpha value is -2.70. The van der Waals surface area contributed by atoms with Gasteiger partial charge in [-0.3, -0.25) is 0 Å². The minimum Gasteiger partial charge on any atom is -0.384 e. The summed E-state index contributed by atoms with van der Waals surface area (Å²) >= 11 is 6.28. The van der Waals surface area contributed by atoms with Gasteiger partial charge in [0.05, 0.1) is 10.9 Å². The van der Waals surface area contributed by atoms with Crippen LogP contribution in [0.4, 0.5) is 5.82 Å². The van der Waals surface area contributed by atoms with Gasteiger partial charge >= 0.3 is 0 Å². The fourth-order valence-electron chi connectivity index (χ4n) is 5.96. The number of benzene rings is 1. The fraction of sp³-hybridized carbons (Fsp3) is 0.375. The Morgan fingerprint density at radius 1 is 1.13 bits per heavy atom. The molecule has 3 N–H and O–H groups in total. The van der Waals surface area contributed by atoms with Crippen LogP contribution in [-0.2, 0) is 0 Å². The minimum atomic E-state index is 0.292. The summed E-state index contributed by atoms with van der Waals surface area (Å²) in [5.41, 5.74) is 9.39. The quantitative estimate of drug-likeness (QED) is 0.440. The van der Waals surface area contributed by atoms with E-state index in [1.54, 1.807) is 6.33 Å². The number of nitrogens with two attached hydrogens (primary N) is 1. The predicted molar refractivity (Wildman–Crippen MR) is 124 cm³/mol. The summed E-state index contributed by atoms with van der Waals surface area (Å²) in [5, 5.41) is 6.39. The fourth-order valence-corrected chi connectivity index (χ4v) is 6.15. The molecule has 0 amide bonds. The molecule has 4 unspecified atom stereocenters. The lowest BCUT2D eigenvalue weighted by molar-refractivity contribution is 0.311. The summed E-state index contributed by atoms with van der Waals surface area (Å²) in [6, 6.07) is 13.3. The molecule has 1 saturated carbocycles. The van der Waals surface area contributed by atoms with Crippen molar-refractivity contribution in [1.29, 1.82) is 0 Å². The Morgan fingerprint density at radius 2 is 2.00 bits per heavy atom. The van der Waals surface area contributed by atoms with E-state index in [-0.39, 0.29) is 0 Å². The van der Waals surface area contributed by atoms with E-state index in [0.29, 0.717) is 34.4 Å². The van der Waals surface area contributed by atoms with E-state index in [9.17, 15) is 0 Å². The van der Waals surface area contributed by atoms with Gasteiger partial charge in [-0.1, -0.05) is 30.7 Å². The third kappa shape index (κ3) is 3.08. The first-order chi connectivity index (χ1) is 15.0. The van der Waals surface area contributed by atoms with Crippen LogP contribution in [0, 0.1) is 11.3 Å². The van der Waals surface area contributed by atoms with Crippen LogP contribution in [0.3, 0.4) is 0 Å². The number of nitrogens with zero attached hydrogens (tertiary/aromatic N) is 4. The van der Waals surface area contributed by atoms with Gasteiger partial charge in [0, 0.05) is 30.2 Å². The lowest BCUT2D eigenvalue weighted by atomic mass is 9.82. The first-order valence-corrected chi connectivity index (χ1v) is 11.3. The smallest absolute Gasteiger partial charge is 0.145 e. The van der Waals surface area contributed by atoms with Crippen molar-refractivity contribution in [3.8, 4) is 0 Å². The normalized spacial score (nSPS) is 28.3. The van der Waals surface area contributed by atoms with Gasteiger partial charge in [-0.25, -0.2) is 15.0 Å². The third-order valence-electron chi connectivity index (χ3n) is 7.37. The number of rotatable bonds is 2. The third-order valence-corrected chi connectivity index (χ3v) is 7.67. The van der Waals surface area contributed by atoms with Crippen LogP contribution < -0.4 is 11.1 Å². The van der Waals surface area contributed by atoms with Gasteiger partial charge in [-0.2, -0.15) is 0 Å². The number of pyridine rings is 1. The first kappa shape index (κ1) is 19.0. The highest BCUT2D eigenvalue weighted by atomic mass is 35.5. The highest BCUT2D eigenvalue weighted by Gasteiger charge is 2.48. The van der Waals surface area contributed by atoms with E-state index >= 15 is 0 Å². The highest BCUT2D eigenvalue weighted by molar-refractivity contribution is 6.33. The van der Waals surface area contributed by atoms with Crippen molar-refractivity contribution >= 4 is 39.4 Å². The summed E-state index contributed by atoms with van der Waals surface area (Å²) in [6.45, 7) is 3.40. The Balaban J connectivity index is 1.27. The van der Waals surface area contributed by atoms with Gasteiger partial charge in [-0.05, 0) is 60.4 Å². The molecule has 1 aromatic carbocycles. The number of hydrogen-bond donors (Lipinski definition) is 2. The van der Waals surface area contributed by atoms with Crippen LogP contribution in [0.25, 0.3) is 21.9 Å². The predicted octanol–water partition coefficient (Wildman–Crippen LogP) is 4.91. The molecule has 1 aliphatic carbocycles. The molecule has 1 spiro atoms. The standard InChI is InChI=1S/C24H25ClN6/c1-14-9-24(11-20(14)31-7-6-17-22(25)28-13-29-23(17)31)10-19(27-12-24)16-3-2-15-4-5-21(26)30-18(15)8-16/h2-8,13-14,19-20,27H,9-12H2,1H3,(H2,26,30). The van der Waals surface area contributed by atoms with Crippen molar-refractivity contribution in [2.75, 3.05) is 12.3 Å². The second-order valence-corrected chi connectivity index (χ2v) is 9.76. The molecule has 31 heavy (non-hydrogen) atoms. The van der Waals surface area contributed by atoms with Gasteiger partial charge in [0.25, 0.3) is 0 Å². The van der Waals surface area contributed by atoms with Crippen LogP contribution in [0.2, 0.25) is 5.15 Å². The van der Waals surface area contributed by atoms with E-state index in [0.717, 1.165) is 41.3 Å². The molecule has 6 nitrogen and oxygen atoms in total. The second kappa shape index (κ2) is 6.90. The number of nitrogens with one attached hydrogen (secondary N) is 1. The van der Waals surface area contributed by atoms with Crippen LogP contribution in [0.1, 0.15) is 43.8 Å². The number of fused-ring (bicyclic) bond motifs is 2. The maximum absolute atomic E-state index is 6.28. The average Bonchev–Trinajstić information content (AvgIpc) is 3.45. The van der Waals surface area contributed by atoms with E-state index in [2.05, 4.69) is 56.2 Å². The van der Waals surface area contributed by atoms with Crippen molar-refractivity contribution in [2.24, 2.45) is 11.3 Å². The summed E-state index contributed by atoms with van der Waals surface area (Å²) in [4.78, 5) is 13.2. The van der Waals surface area contributed by atoms with Crippen molar-refractivity contribution < 1.29 is 0 Å². The molecule has 158 valence electrons. The zero-order valence-electron chi connectivity index (χ0n) is 17.4. The molecule has 2 fully saturated rings. The summed E-state index contributed by atoms with van der Waals surface area (Å²) in [6.07, 6.45) is 7.17. The highest BCUT2D eigenvalue weighted by Crippen LogP contribution is 2.55. The zero-order chi connectivity index (χ0) is 21.2. The minimum absolute atomic E-state index is 0.292. The Morgan fingerprint density at radius 3 is 2.90 bits per heavy atom. The lowest BCUT2D eigenvalue weighted by Crippen LogP contribution is -2.21.